The van der Waals surface area contributed by atoms with Crippen molar-refractivity contribution in [2.75, 3.05) is 19.6 Å². The topological polar surface area (TPSA) is 60.9 Å². The van der Waals surface area contributed by atoms with Gasteiger partial charge in [0.15, 0.2) is 0 Å². The van der Waals surface area contributed by atoms with Crippen LogP contribution in [-0.2, 0) is 11.0 Å². The SMILES string of the molecule is O=C(c1cccc(C(F)(F)F)c1)N1CC(=O)N(C2CCCCC2)CC(O)C1. The first-order valence-electron chi connectivity index (χ1n) is 9.20. The van der Waals surface area contributed by atoms with Gasteiger partial charge in [-0.1, -0.05) is 25.3 Å². The van der Waals surface area contributed by atoms with E-state index in [1.807, 2.05) is 0 Å². The van der Waals surface area contributed by atoms with E-state index in [2.05, 4.69) is 0 Å². The van der Waals surface area contributed by atoms with Crippen molar-refractivity contribution >= 4 is 11.8 Å². The highest BCUT2D eigenvalue weighted by Crippen LogP contribution is 2.30. The lowest BCUT2D eigenvalue weighted by molar-refractivity contribution is -0.137. The smallest absolute Gasteiger partial charge is 0.389 e. The van der Waals surface area contributed by atoms with E-state index in [0.29, 0.717) is 0 Å². The Balaban J connectivity index is 1.77. The maximum atomic E-state index is 12.9. The van der Waals surface area contributed by atoms with Gasteiger partial charge in [0, 0.05) is 24.7 Å². The molecule has 1 saturated carbocycles. The second-order valence-electron chi connectivity index (χ2n) is 7.26. The minimum atomic E-state index is -4.55. The molecule has 1 aromatic carbocycles. The molecule has 2 aliphatic rings. The fraction of sp³-hybridized carbons (Fsp3) is 0.579. The van der Waals surface area contributed by atoms with Crippen molar-refractivity contribution in [2.45, 2.75) is 50.4 Å². The second-order valence-corrected chi connectivity index (χ2v) is 7.26. The van der Waals surface area contributed by atoms with E-state index in [9.17, 15) is 27.9 Å². The van der Waals surface area contributed by atoms with Gasteiger partial charge in [0.1, 0.15) is 6.54 Å². The van der Waals surface area contributed by atoms with E-state index >= 15 is 0 Å². The van der Waals surface area contributed by atoms with Crippen LogP contribution in [0.15, 0.2) is 24.3 Å². The summed E-state index contributed by atoms with van der Waals surface area (Å²) < 4.78 is 38.7. The van der Waals surface area contributed by atoms with Crippen molar-refractivity contribution in [3.8, 4) is 0 Å². The number of carbonyl (C=O) groups excluding carboxylic acids is 2. The van der Waals surface area contributed by atoms with Crippen molar-refractivity contribution in [2.24, 2.45) is 0 Å². The van der Waals surface area contributed by atoms with Gasteiger partial charge < -0.3 is 14.9 Å². The predicted molar refractivity (Wildman–Crippen MR) is 91.9 cm³/mol. The molecule has 1 atom stereocenters. The third-order valence-electron chi connectivity index (χ3n) is 5.22. The average Bonchev–Trinajstić information content (AvgIpc) is 2.79. The summed E-state index contributed by atoms with van der Waals surface area (Å²) in [5, 5.41) is 10.3. The molecule has 0 spiro atoms. The molecule has 0 radical (unpaired) electrons. The monoisotopic (exact) mass is 384 g/mol. The Labute approximate surface area is 155 Å². The molecule has 148 valence electrons. The quantitative estimate of drug-likeness (QED) is 0.853. The average molecular weight is 384 g/mol. The van der Waals surface area contributed by atoms with E-state index in [1.165, 1.54) is 12.1 Å². The van der Waals surface area contributed by atoms with Crippen LogP contribution in [-0.4, -0.2) is 58.5 Å². The molecule has 1 heterocycles. The number of carbonyl (C=O) groups is 2. The number of nitrogens with zero attached hydrogens (tertiary/aromatic N) is 2. The van der Waals surface area contributed by atoms with E-state index < -0.39 is 23.8 Å². The number of benzene rings is 1. The van der Waals surface area contributed by atoms with Crippen LogP contribution in [0.25, 0.3) is 0 Å². The molecule has 1 aliphatic heterocycles. The van der Waals surface area contributed by atoms with Crippen molar-refractivity contribution < 1.29 is 27.9 Å². The molecule has 3 rings (SSSR count). The summed E-state index contributed by atoms with van der Waals surface area (Å²) in [6, 6.07) is 4.19. The molecule has 0 aromatic heterocycles. The summed E-state index contributed by atoms with van der Waals surface area (Å²) >= 11 is 0. The van der Waals surface area contributed by atoms with Gasteiger partial charge in [0.25, 0.3) is 5.91 Å². The molecule has 0 bridgehead atoms. The number of alkyl halides is 3. The van der Waals surface area contributed by atoms with Gasteiger partial charge in [-0.25, -0.2) is 0 Å². The Morgan fingerprint density at radius 1 is 1.11 bits per heavy atom. The largest absolute Gasteiger partial charge is 0.416 e. The third-order valence-corrected chi connectivity index (χ3v) is 5.22. The summed E-state index contributed by atoms with van der Waals surface area (Å²) in [6.45, 7) is -0.164. The molecule has 27 heavy (non-hydrogen) atoms. The van der Waals surface area contributed by atoms with Gasteiger partial charge >= 0.3 is 6.18 Å². The van der Waals surface area contributed by atoms with Gasteiger partial charge in [-0.2, -0.15) is 13.2 Å². The molecular formula is C19H23F3N2O3. The molecule has 1 unspecified atom stereocenters. The Kier molecular flexibility index (Phi) is 5.74. The molecule has 1 saturated heterocycles. The lowest BCUT2D eigenvalue weighted by atomic mass is 9.94. The van der Waals surface area contributed by atoms with Crippen LogP contribution in [0.4, 0.5) is 13.2 Å². The zero-order valence-electron chi connectivity index (χ0n) is 14.9. The van der Waals surface area contributed by atoms with Gasteiger partial charge in [0.05, 0.1) is 11.7 Å². The first-order valence-corrected chi connectivity index (χ1v) is 9.20. The summed E-state index contributed by atoms with van der Waals surface area (Å²) in [5.74, 6) is -0.947. The molecule has 1 aromatic rings. The first-order chi connectivity index (χ1) is 12.8. The van der Waals surface area contributed by atoms with Crippen LogP contribution >= 0.6 is 0 Å². The Morgan fingerprint density at radius 2 is 1.81 bits per heavy atom. The van der Waals surface area contributed by atoms with Crippen molar-refractivity contribution in [3.05, 3.63) is 35.4 Å². The van der Waals surface area contributed by atoms with Crippen LogP contribution in [0, 0.1) is 0 Å². The highest BCUT2D eigenvalue weighted by Gasteiger charge is 2.35. The highest BCUT2D eigenvalue weighted by atomic mass is 19.4. The minimum absolute atomic E-state index is 0.0597. The first kappa shape index (κ1) is 19.7. The van der Waals surface area contributed by atoms with Gasteiger partial charge in [-0.05, 0) is 31.0 Å². The van der Waals surface area contributed by atoms with Crippen molar-refractivity contribution in [3.63, 3.8) is 0 Å². The lowest BCUT2D eigenvalue weighted by Gasteiger charge is -2.34. The third kappa shape index (κ3) is 4.61. The van der Waals surface area contributed by atoms with Crippen LogP contribution < -0.4 is 0 Å². The van der Waals surface area contributed by atoms with Crippen LogP contribution in [0.5, 0.6) is 0 Å². The number of rotatable bonds is 2. The number of aliphatic hydroxyl groups is 1. The number of amides is 2. The van der Waals surface area contributed by atoms with E-state index in [-0.39, 0.29) is 37.1 Å². The molecule has 2 fully saturated rings. The summed E-state index contributed by atoms with van der Waals surface area (Å²) in [7, 11) is 0. The van der Waals surface area contributed by atoms with E-state index in [1.54, 1.807) is 4.90 Å². The number of hydrogen-bond acceptors (Lipinski definition) is 3. The Bertz CT molecular complexity index is 702. The maximum Gasteiger partial charge on any atom is 0.416 e. The normalized spacial score (nSPS) is 22.7. The fourth-order valence-electron chi connectivity index (χ4n) is 3.87. The van der Waals surface area contributed by atoms with Crippen LogP contribution in [0.2, 0.25) is 0 Å². The molecular weight excluding hydrogens is 361 g/mol. The van der Waals surface area contributed by atoms with Crippen LogP contribution in [0.3, 0.4) is 0 Å². The zero-order valence-corrected chi connectivity index (χ0v) is 14.9. The number of hydrogen-bond donors (Lipinski definition) is 1. The highest BCUT2D eigenvalue weighted by molar-refractivity contribution is 5.97. The standard InChI is InChI=1S/C19H23F3N2O3/c20-19(21,22)14-6-4-5-13(9-14)18(27)23-10-16(25)11-24(17(26)12-23)15-7-2-1-3-8-15/h4-6,9,15-16,25H,1-3,7-8,10-12H2. The summed E-state index contributed by atoms with van der Waals surface area (Å²) in [4.78, 5) is 28.1. The lowest BCUT2D eigenvalue weighted by Crippen LogP contribution is -2.45. The van der Waals surface area contributed by atoms with E-state index in [0.717, 1.165) is 49.1 Å². The van der Waals surface area contributed by atoms with Crippen molar-refractivity contribution in [1.29, 1.82) is 0 Å². The number of β-amino-alcohol motifs (C(OH)–C–C–N with tert-alkyl or cyclic N) is 1. The van der Waals surface area contributed by atoms with E-state index in [4.69, 9.17) is 0 Å². The molecule has 1 N–H and O–H groups in total. The number of aliphatic hydroxyl groups excluding tert-OH is 1. The Hall–Kier alpha value is -2.09. The minimum Gasteiger partial charge on any atom is -0.389 e. The summed E-state index contributed by atoms with van der Waals surface area (Å²) in [5.41, 5.74) is -1.06. The van der Waals surface area contributed by atoms with Gasteiger partial charge in [0.2, 0.25) is 5.91 Å². The molecule has 1 aliphatic carbocycles. The fourth-order valence-corrected chi connectivity index (χ4v) is 3.87. The van der Waals surface area contributed by atoms with Crippen LogP contribution in [0.1, 0.15) is 48.0 Å². The molecule has 8 heteroatoms. The predicted octanol–water partition coefficient (Wildman–Crippen LogP) is 2.68. The molecule has 2 amide bonds. The Morgan fingerprint density at radius 3 is 2.48 bits per heavy atom. The van der Waals surface area contributed by atoms with Crippen molar-refractivity contribution in [1.82, 2.24) is 9.80 Å². The maximum absolute atomic E-state index is 12.9. The van der Waals surface area contributed by atoms with Gasteiger partial charge in [-0.15, -0.1) is 0 Å². The number of halogens is 3. The second kappa shape index (κ2) is 7.88. The van der Waals surface area contributed by atoms with Gasteiger partial charge in [-0.3, -0.25) is 9.59 Å². The molecule has 5 nitrogen and oxygen atoms in total. The zero-order chi connectivity index (χ0) is 19.6. The summed E-state index contributed by atoms with van der Waals surface area (Å²) in [6.07, 6.45) is -0.550.